The number of rotatable bonds is 5. The second-order valence-corrected chi connectivity index (χ2v) is 4.79. The number of benzene rings is 2. The molecule has 0 unspecified atom stereocenters. The van der Waals surface area contributed by atoms with Crippen LogP contribution >= 0.6 is 0 Å². The van der Waals surface area contributed by atoms with E-state index in [0.29, 0.717) is 0 Å². The van der Waals surface area contributed by atoms with Gasteiger partial charge in [0.2, 0.25) is 0 Å². The quantitative estimate of drug-likeness (QED) is 0.613. The van der Waals surface area contributed by atoms with Crippen LogP contribution in [0.25, 0.3) is 0 Å². The second kappa shape index (κ2) is 7.18. The van der Waals surface area contributed by atoms with Crippen molar-refractivity contribution < 1.29 is 19.4 Å². The number of carbonyl (C=O) groups is 1. The number of hydrogen-bond donors (Lipinski definition) is 0. The lowest BCUT2D eigenvalue weighted by Crippen LogP contribution is -2.27. The van der Waals surface area contributed by atoms with Crippen LogP contribution in [0.4, 0.5) is 21.9 Å². The zero-order valence-electron chi connectivity index (χ0n) is 12.6. The molecule has 9 heteroatoms. The zero-order valence-corrected chi connectivity index (χ0v) is 12.6. The molecule has 0 N–H and O–H groups in total. The Labute approximate surface area is 136 Å². The molecule has 0 aromatic heterocycles. The van der Waals surface area contributed by atoms with E-state index in [0.717, 1.165) is 28.7 Å². The molecular formula is C15H13N3O6. The smallest absolute Gasteiger partial charge is 0.414 e. The molecular weight excluding hydrogens is 318 g/mol. The molecule has 124 valence electrons. The summed E-state index contributed by atoms with van der Waals surface area (Å²) < 4.78 is 5.09. The highest BCUT2D eigenvalue weighted by Gasteiger charge is 2.25. The largest absolute Gasteiger partial charge is 0.444 e. The van der Waals surface area contributed by atoms with Crippen LogP contribution < -0.4 is 4.90 Å². The van der Waals surface area contributed by atoms with Crippen LogP contribution in [-0.4, -0.2) is 23.0 Å². The lowest BCUT2D eigenvalue weighted by atomic mass is 10.2. The number of nitro benzene ring substituents is 2. The summed E-state index contributed by atoms with van der Waals surface area (Å²) >= 11 is 0. The molecule has 0 saturated heterocycles. The standard InChI is InChI=1S/C15H13N3O6/c1-16(15(19)24-10-11-5-3-2-4-6-11)13-8-7-12(17(20)21)9-14(13)18(22)23/h2-9H,10H2,1H3. The molecule has 0 aliphatic heterocycles. The predicted molar refractivity (Wildman–Crippen MR) is 84.8 cm³/mol. The van der Waals surface area contributed by atoms with Crippen LogP contribution in [0.15, 0.2) is 48.5 Å². The third kappa shape index (κ3) is 3.83. The Morgan fingerprint density at radius 1 is 1.08 bits per heavy atom. The first-order valence-corrected chi connectivity index (χ1v) is 6.77. The fraction of sp³-hybridized carbons (Fsp3) is 0.133. The van der Waals surface area contributed by atoms with Crippen molar-refractivity contribution >= 4 is 23.2 Å². The Kier molecular flexibility index (Phi) is 5.05. The van der Waals surface area contributed by atoms with E-state index in [1.54, 1.807) is 24.3 Å². The summed E-state index contributed by atoms with van der Waals surface area (Å²) in [5.74, 6) is 0. The monoisotopic (exact) mass is 331 g/mol. The predicted octanol–water partition coefficient (Wildman–Crippen LogP) is 3.28. The maximum Gasteiger partial charge on any atom is 0.414 e. The fourth-order valence-electron chi connectivity index (χ4n) is 1.97. The molecule has 1 amide bonds. The van der Waals surface area contributed by atoms with Gasteiger partial charge in [0.15, 0.2) is 0 Å². The lowest BCUT2D eigenvalue weighted by Gasteiger charge is -2.17. The molecule has 0 heterocycles. The van der Waals surface area contributed by atoms with Gasteiger partial charge in [0, 0.05) is 13.1 Å². The number of carbonyl (C=O) groups excluding carboxylic acids is 1. The van der Waals surface area contributed by atoms with Gasteiger partial charge in [-0.2, -0.15) is 0 Å². The van der Waals surface area contributed by atoms with Gasteiger partial charge in [-0.05, 0) is 11.6 Å². The topological polar surface area (TPSA) is 116 Å². The van der Waals surface area contributed by atoms with Gasteiger partial charge >= 0.3 is 6.09 Å². The maximum absolute atomic E-state index is 12.1. The lowest BCUT2D eigenvalue weighted by molar-refractivity contribution is -0.393. The van der Waals surface area contributed by atoms with Crippen LogP contribution in [0.3, 0.4) is 0 Å². The summed E-state index contributed by atoms with van der Waals surface area (Å²) in [4.78, 5) is 33.3. The van der Waals surface area contributed by atoms with E-state index in [1.165, 1.54) is 7.05 Å². The summed E-state index contributed by atoms with van der Waals surface area (Å²) in [6.07, 6.45) is -0.809. The van der Waals surface area contributed by atoms with Crippen molar-refractivity contribution in [3.8, 4) is 0 Å². The Morgan fingerprint density at radius 3 is 2.33 bits per heavy atom. The number of anilines is 1. The molecule has 0 bridgehead atoms. The molecule has 0 aliphatic rings. The Morgan fingerprint density at radius 2 is 1.75 bits per heavy atom. The van der Waals surface area contributed by atoms with E-state index in [4.69, 9.17) is 4.74 Å². The summed E-state index contributed by atoms with van der Waals surface area (Å²) in [6, 6.07) is 11.9. The number of non-ortho nitro benzene ring substituents is 1. The van der Waals surface area contributed by atoms with E-state index in [2.05, 4.69) is 0 Å². The number of nitrogens with zero attached hydrogens (tertiary/aromatic N) is 3. The minimum absolute atomic E-state index is 0.00475. The first kappa shape index (κ1) is 16.9. The van der Waals surface area contributed by atoms with Crippen LogP contribution in [0.1, 0.15) is 5.56 Å². The molecule has 0 fully saturated rings. The summed E-state index contributed by atoms with van der Waals surface area (Å²) in [5.41, 5.74) is -0.319. The minimum atomic E-state index is -0.809. The van der Waals surface area contributed by atoms with Crippen molar-refractivity contribution in [1.29, 1.82) is 0 Å². The van der Waals surface area contributed by atoms with Gasteiger partial charge in [-0.1, -0.05) is 30.3 Å². The van der Waals surface area contributed by atoms with Crippen molar-refractivity contribution in [1.82, 2.24) is 0 Å². The van der Waals surface area contributed by atoms with E-state index >= 15 is 0 Å². The second-order valence-electron chi connectivity index (χ2n) is 4.79. The highest BCUT2D eigenvalue weighted by Crippen LogP contribution is 2.31. The van der Waals surface area contributed by atoms with Crippen LogP contribution in [-0.2, 0) is 11.3 Å². The number of hydrogen-bond acceptors (Lipinski definition) is 6. The van der Waals surface area contributed by atoms with Gasteiger partial charge in [-0.15, -0.1) is 0 Å². The molecule has 2 aromatic carbocycles. The Bertz CT molecular complexity index is 778. The SMILES string of the molecule is CN(C(=O)OCc1ccccc1)c1ccc([N+](=O)[O-])cc1[N+](=O)[O-]. The summed E-state index contributed by atoms with van der Waals surface area (Å²) in [6.45, 7) is 0.00475. The van der Waals surface area contributed by atoms with Gasteiger partial charge in [-0.3, -0.25) is 25.1 Å². The highest BCUT2D eigenvalue weighted by atomic mass is 16.6. The molecule has 0 saturated carbocycles. The van der Waals surface area contributed by atoms with E-state index in [-0.39, 0.29) is 12.3 Å². The summed E-state index contributed by atoms with van der Waals surface area (Å²) in [7, 11) is 1.29. The zero-order chi connectivity index (χ0) is 17.7. The van der Waals surface area contributed by atoms with Gasteiger partial charge in [0.1, 0.15) is 12.3 Å². The Balaban J connectivity index is 2.18. The normalized spacial score (nSPS) is 10.0. The number of nitro groups is 2. The third-order valence-electron chi connectivity index (χ3n) is 3.21. The van der Waals surface area contributed by atoms with Crippen molar-refractivity contribution in [3.63, 3.8) is 0 Å². The highest BCUT2D eigenvalue weighted by molar-refractivity contribution is 5.90. The van der Waals surface area contributed by atoms with Crippen molar-refractivity contribution in [2.24, 2.45) is 0 Å². The van der Waals surface area contributed by atoms with Gasteiger partial charge in [-0.25, -0.2) is 4.79 Å². The van der Waals surface area contributed by atoms with E-state index < -0.39 is 27.3 Å². The van der Waals surface area contributed by atoms with Crippen LogP contribution in [0.2, 0.25) is 0 Å². The number of amides is 1. The molecule has 24 heavy (non-hydrogen) atoms. The van der Waals surface area contributed by atoms with Gasteiger partial charge in [0.05, 0.1) is 15.9 Å². The van der Waals surface area contributed by atoms with Crippen molar-refractivity contribution in [2.45, 2.75) is 6.61 Å². The molecule has 2 rings (SSSR count). The van der Waals surface area contributed by atoms with Crippen molar-refractivity contribution in [2.75, 3.05) is 11.9 Å². The third-order valence-corrected chi connectivity index (χ3v) is 3.21. The summed E-state index contributed by atoms with van der Waals surface area (Å²) in [5, 5.41) is 21.8. The molecule has 0 atom stereocenters. The van der Waals surface area contributed by atoms with Crippen LogP contribution in [0, 0.1) is 20.2 Å². The average molecular weight is 331 g/mol. The molecule has 0 radical (unpaired) electrons. The first-order chi connectivity index (χ1) is 11.4. The minimum Gasteiger partial charge on any atom is -0.444 e. The maximum atomic E-state index is 12.1. The van der Waals surface area contributed by atoms with Gasteiger partial charge < -0.3 is 4.74 Å². The Hall–Kier alpha value is -3.49. The van der Waals surface area contributed by atoms with E-state index in [1.807, 2.05) is 6.07 Å². The molecule has 0 spiro atoms. The fourth-order valence-corrected chi connectivity index (χ4v) is 1.97. The number of ether oxygens (including phenoxy) is 1. The average Bonchev–Trinajstić information content (AvgIpc) is 2.59. The molecule has 0 aliphatic carbocycles. The molecule has 2 aromatic rings. The van der Waals surface area contributed by atoms with E-state index in [9.17, 15) is 25.0 Å². The van der Waals surface area contributed by atoms with Crippen LogP contribution in [0.5, 0.6) is 0 Å². The first-order valence-electron chi connectivity index (χ1n) is 6.77. The molecule has 9 nitrogen and oxygen atoms in total. The van der Waals surface area contributed by atoms with Crippen molar-refractivity contribution in [3.05, 3.63) is 74.3 Å². The van der Waals surface area contributed by atoms with Gasteiger partial charge in [0.25, 0.3) is 11.4 Å².